The lowest BCUT2D eigenvalue weighted by molar-refractivity contribution is -0.122. The lowest BCUT2D eigenvalue weighted by Gasteiger charge is -2.32. The van der Waals surface area contributed by atoms with Crippen LogP contribution in [-0.2, 0) is 11.3 Å². The highest BCUT2D eigenvalue weighted by Gasteiger charge is 2.36. The van der Waals surface area contributed by atoms with Crippen LogP contribution in [0.3, 0.4) is 0 Å². The lowest BCUT2D eigenvalue weighted by Crippen LogP contribution is -2.47. The number of piperidine rings is 1. The van der Waals surface area contributed by atoms with Crippen molar-refractivity contribution in [1.29, 1.82) is 0 Å². The molecule has 1 saturated carbocycles. The Balaban J connectivity index is 1.34. The maximum absolute atomic E-state index is 12.8. The highest BCUT2D eigenvalue weighted by Crippen LogP contribution is 2.40. The second-order valence-electron chi connectivity index (χ2n) is 7.88. The third kappa shape index (κ3) is 2.84. The van der Waals surface area contributed by atoms with Crippen LogP contribution >= 0.6 is 0 Å². The van der Waals surface area contributed by atoms with Gasteiger partial charge in [0.2, 0.25) is 5.91 Å². The Labute approximate surface area is 148 Å². The zero-order valence-electron chi connectivity index (χ0n) is 14.7. The summed E-state index contributed by atoms with van der Waals surface area (Å²) in [5.41, 5.74) is 2.10. The predicted molar refractivity (Wildman–Crippen MR) is 97.5 cm³/mol. The third-order valence-corrected chi connectivity index (χ3v) is 6.13. The van der Waals surface area contributed by atoms with Crippen molar-refractivity contribution in [3.63, 3.8) is 0 Å². The van der Waals surface area contributed by atoms with Gasteiger partial charge in [0.25, 0.3) is 0 Å². The van der Waals surface area contributed by atoms with Crippen LogP contribution in [0, 0.1) is 0 Å². The molecule has 3 aliphatic rings. The second-order valence-corrected chi connectivity index (χ2v) is 7.88. The van der Waals surface area contributed by atoms with Gasteiger partial charge in [-0.1, -0.05) is 18.6 Å². The Hall–Kier alpha value is -1.88. The van der Waals surface area contributed by atoms with E-state index < -0.39 is 0 Å². The number of rotatable bonds is 4. The van der Waals surface area contributed by atoms with Crippen LogP contribution < -0.4 is 5.32 Å². The zero-order valence-corrected chi connectivity index (χ0v) is 14.7. The number of fused-ring (bicyclic) bond motifs is 2. The molecule has 3 heterocycles. The van der Waals surface area contributed by atoms with Crippen LogP contribution in [0.1, 0.15) is 50.3 Å². The fraction of sp³-hybridized carbons (Fsp3) is 0.600. The van der Waals surface area contributed by atoms with Crippen LogP contribution in [0.5, 0.6) is 0 Å². The minimum absolute atomic E-state index is 0.141. The molecule has 5 heteroatoms. The number of hydrogen-bond donors (Lipinski definition) is 1. The van der Waals surface area contributed by atoms with Gasteiger partial charge in [0.1, 0.15) is 12.4 Å². The molecular weight excluding hydrogens is 312 g/mol. The quantitative estimate of drug-likeness (QED) is 0.932. The summed E-state index contributed by atoms with van der Waals surface area (Å²) in [5.74, 6) is 1.78. The van der Waals surface area contributed by atoms with E-state index in [1.165, 1.54) is 38.6 Å². The average molecular weight is 338 g/mol. The number of benzene rings is 1. The van der Waals surface area contributed by atoms with Gasteiger partial charge in [0.15, 0.2) is 0 Å². The van der Waals surface area contributed by atoms with Crippen molar-refractivity contribution in [3.8, 4) is 0 Å². The van der Waals surface area contributed by atoms with Gasteiger partial charge in [0, 0.05) is 24.5 Å². The van der Waals surface area contributed by atoms with E-state index in [4.69, 9.17) is 4.98 Å². The second kappa shape index (κ2) is 6.13. The summed E-state index contributed by atoms with van der Waals surface area (Å²) in [6, 6.07) is 9.07. The topological polar surface area (TPSA) is 50.2 Å². The lowest BCUT2D eigenvalue weighted by atomic mass is 9.99. The summed E-state index contributed by atoms with van der Waals surface area (Å²) in [4.78, 5) is 20.2. The van der Waals surface area contributed by atoms with Crippen LogP contribution in [0.4, 0.5) is 0 Å². The molecular formula is C20H26N4O. The summed E-state index contributed by atoms with van der Waals surface area (Å²) in [6.45, 7) is 2.74. The first-order valence-corrected chi connectivity index (χ1v) is 9.78. The SMILES string of the molecule is O=C(Cn1c(C2CC2)nc2ccccc21)N[C@H]1CCN2CCCC[C@H]12. The Morgan fingerprint density at radius 1 is 1.12 bits per heavy atom. The zero-order chi connectivity index (χ0) is 16.8. The smallest absolute Gasteiger partial charge is 0.240 e. The molecule has 132 valence electrons. The van der Waals surface area contributed by atoms with Gasteiger partial charge in [0.05, 0.1) is 11.0 Å². The Bertz CT molecular complexity index is 794. The molecule has 1 amide bonds. The predicted octanol–water partition coefficient (Wildman–Crippen LogP) is 2.66. The molecule has 2 aliphatic heterocycles. The molecule has 1 N–H and O–H groups in total. The molecule has 2 aromatic rings. The molecule has 1 aromatic heterocycles. The number of aromatic nitrogens is 2. The first-order chi connectivity index (χ1) is 12.3. The summed E-state index contributed by atoms with van der Waals surface area (Å²) < 4.78 is 2.15. The van der Waals surface area contributed by atoms with Crippen molar-refractivity contribution in [1.82, 2.24) is 19.8 Å². The van der Waals surface area contributed by atoms with Gasteiger partial charge < -0.3 is 9.88 Å². The molecule has 0 unspecified atom stereocenters. The van der Waals surface area contributed by atoms with Crippen molar-refractivity contribution in [2.24, 2.45) is 0 Å². The number of nitrogens with zero attached hydrogens (tertiary/aromatic N) is 3. The van der Waals surface area contributed by atoms with Gasteiger partial charge in [-0.05, 0) is 50.8 Å². The minimum Gasteiger partial charge on any atom is -0.350 e. The highest BCUT2D eigenvalue weighted by molar-refractivity contribution is 5.81. The standard InChI is InChI=1S/C20H26N4O/c25-19(21-16-10-12-23-11-4-3-6-17(16)23)13-24-18-7-2-1-5-15(18)22-20(24)14-8-9-14/h1-2,5,7,14,16-17H,3-4,6,8-13H2,(H,21,25)/t16-,17+/m0/s1. The molecule has 1 aliphatic carbocycles. The molecule has 3 fully saturated rings. The van der Waals surface area contributed by atoms with Gasteiger partial charge in [-0.15, -0.1) is 0 Å². The van der Waals surface area contributed by atoms with Crippen molar-refractivity contribution in [2.75, 3.05) is 13.1 Å². The number of hydrogen-bond acceptors (Lipinski definition) is 3. The largest absolute Gasteiger partial charge is 0.350 e. The molecule has 0 radical (unpaired) electrons. The maximum Gasteiger partial charge on any atom is 0.240 e. The monoisotopic (exact) mass is 338 g/mol. The number of nitrogens with one attached hydrogen (secondary N) is 1. The maximum atomic E-state index is 12.8. The molecule has 25 heavy (non-hydrogen) atoms. The Kier molecular flexibility index (Phi) is 3.77. The molecule has 0 spiro atoms. The van der Waals surface area contributed by atoms with E-state index in [0.717, 1.165) is 29.8 Å². The fourth-order valence-electron chi connectivity index (χ4n) is 4.73. The molecule has 5 rings (SSSR count). The number of para-hydroxylation sites is 2. The van der Waals surface area contributed by atoms with E-state index in [1.807, 2.05) is 18.2 Å². The molecule has 0 bridgehead atoms. The summed E-state index contributed by atoms with van der Waals surface area (Å²) in [6.07, 6.45) is 7.33. The minimum atomic E-state index is 0.141. The number of amides is 1. The van der Waals surface area contributed by atoms with Crippen LogP contribution in [0.25, 0.3) is 11.0 Å². The van der Waals surface area contributed by atoms with Crippen molar-refractivity contribution in [3.05, 3.63) is 30.1 Å². The van der Waals surface area contributed by atoms with E-state index in [9.17, 15) is 4.79 Å². The normalized spacial score (nSPS) is 26.7. The van der Waals surface area contributed by atoms with Gasteiger partial charge in [-0.2, -0.15) is 0 Å². The van der Waals surface area contributed by atoms with E-state index in [0.29, 0.717) is 24.5 Å². The Morgan fingerprint density at radius 3 is 2.88 bits per heavy atom. The summed E-state index contributed by atoms with van der Waals surface area (Å²) >= 11 is 0. The van der Waals surface area contributed by atoms with Gasteiger partial charge in [-0.3, -0.25) is 9.69 Å². The number of imidazole rings is 1. The van der Waals surface area contributed by atoms with Crippen molar-refractivity contribution < 1.29 is 4.79 Å². The third-order valence-electron chi connectivity index (χ3n) is 6.13. The molecule has 1 aromatic carbocycles. The van der Waals surface area contributed by atoms with Crippen LogP contribution in [0.2, 0.25) is 0 Å². The number of carbonyl (C=O) groups is 1. The molecule has 2 saturated heterocycles. The van der Waals surface area contributed by atoms with E-state index in [1.54, 1.807) is 0 Å². The Morgan fingerprint density at radius 2 is 2.00 bits per heavy atom. The van der Waals surface area contributed by atoms with Gasteiger partial charge in [-0.25, -0.2) is 4.98 Å². The van der Waals surface area contributed by atoms with Crippen molar-refractivity contribution >= 4 is 16.9 Å². The van der Waals surface area contributed by atoms with E-state index >= 15 is 0 Å². The fourth-order valence-corrected chi connectivity index (χ4v) is 4.73. The first kappa shape index (κ1) is 15.4. The highest BCUT2D eigenvalue weighted by atomic mass is 16.2. The average Bonchev–Trinajstić information content (AvgIpc) is 3.31. The van der Waals surface area contributed by atoms with E-state index in [-0.39, 0.29) is 5.91 Å². The summed E-state index contributed by atoms with van der Waals surface area (Å²) in [7, 11) is 0. The number of carbonyl (C=O) groups excluding carboxylic acids is 1. The first-order valence-electron chi connectivity index (χ1n) is 9.78. The van der Waals surface area contributed by atoms with Gasteiger partial charge >= 0.3 is 0 Å². The van der Waals surface area contributed by atoms with Crippen LogP contribution in [-0.4, -0.2) is 45.5 Å². The molecule has 5 nitrogen and oxygen atoms in total. The summed E-state index contributed by atoms with van der Waals surface area (Å²) in [5, 5.41) is 3.34. The molecule has 2 atom stereocenters. The van der Waals surface area contributed by atoms with Crippen LogP contribution in [0.15, 0.2) is 24.3 Å². The van der Waals surface area contributed by atoms with Crippen molar-refractivity contribution in [2.45, 2.75) is 63.1 Å². The van der Waals surface area contributed by atoms with E-state index in [2.05, 4.69) is 20.9 Å².